The molecule has 0 unspecified atom stereocenters. The van der Waals surface area contributed by atoms with Gasteiger partial charge in [-0.2, -0.15) is 0 Å². The monoisotopic (exact) mass is 738 g/mol. The van der Waals surface area contributed by atoms with Crippen LogP contribution in [0.3, 0.4) is 0 Å². The molecule has 0 saturated carbocycles. The van der Waals surface area contributed by atoms with E-state index in [0.717, 1.165) is 70.7 Å². The molecule has 3 aromatic carbocycles. The van der Waals surface area contributed by atoms with Crippen LogP contribution >= 0.6 is 0 Å². The Hall–Kier alpha value is -5.84. The highest BCUT2D eigenvalue weighted by Gasteiger charge is 2.09. The maximum atomic E-state index is 4.18. The van der Waals surface area contributed by atoms with Crippen LogP contribution in [0.2, 0.25) is 0 Å². The van der Waals surface area contributed by atoms with Gasteiger partial charge in [-0.1, -0.05) is 126 Å². The molecule has 2 heterocycles. The fourth-order valence-corrected chi connectivity index (χ4v) is 6.38. The molecule has 0 N–H and O–H groups in total. The third-order valence-corrected chi connectivity index (χ3v) is 9.82. The Labute approximate surface area is 337 Å². The van der Waals surface area contributed by atoms with Crippen molar-refractivity contribution < 1.29 is 0 Å². The molecule has 0 amide bonds. The molecular weight excluding hydrogens is 681 g/mol. The average molecular weight is 739 g/mol. The van der Waals surface area contributed by atoms with Crippen molar-refractivity contribution in [3.63, 3.8) is 0 Å². The summed E-state index contributed by atoms with van der Waals surface area (Å²) in [5.41, 5.74) is 10.6. The van der Waals surface area contributed by atoms with Crippen LogP contribution in [-0.4, -0.2) is 36.1 Å². The van der Waals surface area contributed by atoms with Crippen molar-refractivity contribution in [2.75, 3.05) is 36.0 Å². The van der Waals surface area contributed by atoms with E-state index < -0.39 is 0 Å². The van der Waals surface area contributed by atoms with E-state index >= 15 is 0 Å². The molecule has 0 aliphatic carbocycles. The zero-order chi connectivity index (χ0) is 39.2. The number of anilines is 2. The number of nitrogens with zero attached hydrogens (tertiary/aromatic N) is 4. The Morgan fingerprint density at radius 1 is 0.429 bits per heavy atom. The number of benzene rings is 3. The van der Waals surface area contributed by atoms with Crippen molar-refractivity contribution >= 4 is 35.7 Å². The minimum atomic E-state index is 0.923. The lowest BCUT2D eigenvalue weighted by atomic mass is 9.96. The molecule has 4 nitrogen and oxygen atoms in total. The Balaban J connectivity index is 1.52. The molecule has 0 saturated heterocycles. The normalized spacial score (nSPS) is 10.9. The summed E-state index contributed by atoms with van der Waals surface area (Å²) in [6.07, 6.45) is 25.4. The molecule has 5 rings (SSSR count). The zero-order valence-electron chi connectivity index (χ0n) is 34.0. The van der Waals surface area contributed by atoms with Gasteiger partial charge >= 0.3 is 0 Å². The van der Waals surface area contributed by atoms with Crippen molar-refractivity contribution in [3.8, 4) is 23.7 Å². The molecule has 0 aliphatic rings. The number of pyridine rings is 2. The molecule has 56 heavy (non-hydrogen) atoms. The predicted octanol–water partition coefficient (Wildman–Crippen LogP) is 12.4. The Kier molecular flexibility index (Phi) is 17.1. The van der Waals surface area contributed by atoms with Crippen molar-refractivity contribution in [2.45, 2.75) is 79.1 Å². The molecule has 0 bridgehead atoms. The van der Waals surface area contributed by atoms with Gasteiger partial charge in [0.15, 0.2) is 0 Å². The average Bonchev–Trinajstić information content (AvgIpc) is 3.25. The van der Waals surface area contributed by atoms with Crippen LogP contribution in [0, 0.1) is 23.7 Å². The highest BCUT2D eigenvalue weighted by Crippen LogP contribution is 2.24. The van der Waals surface area contributed by atoms with E-state index in [1.165, 1.54) is 62.7 Å². The number of unbranched alkanes of at least 4 members (excludes halogenated alkanes) is 4. The van der Waals surface area contributed by atoms with E-state index in [4.69, 9.17) is 0 Å². The van der Waals surface area contributed by atoms with E-state index in [1.54, 1.807) is 24.8 Å². The molecule has 4 heteroatoms. The summed E-state index contributed by atoms with van der Waals surface area (Å²) in [5.74, 6) is 13.7. The smallest absolute Gasteiger partial charge is 0.0366 e. The molecule has 0 atom stereocenters. The molecule has 0 radical (unpaired) electrons. The molecule has 286 valence electrons. The van der Waals surface area contributed by atoms with Crippen LogP contribution in [0.4, 0.5) is 11.4 Å². The third-order valence-electron chi connectivity index (χ3n) is 9.82. The largest absolute Gasteiger partial charge is 0.372 e. The van der Waals surface area contributed by atoms with E-state index in [9.17, 15) is 0 Å². The summed E-state index contributed by atoms with van der Waals surface area (Å²) in [7, 11) is 0. The summed E-state index contributed by atoms with van der Waals surface area (Å²) < 4.78 is 0. The van der Waals surface area contributed by atoms with E-state index in [1.807, 2.05) is 24.3 Å². The molecule has 5 aromatic rings. The van der Waals surface area contributed by atoms with Crippen LogP contribution in [0.5, 0.6) is 0 Å². The van der Waals surface area contributed by atoms with Crippen molar-refractivity contribution in [1.82, 2.24) is 9.97 Å². The first-order valence-corrected chi connectivity index (χ1v) is 20.7. The van der Waals surface area contributed by atoms with E-state index in [-0.39, 0.29) is 0 Å². The zero-order valence-corrected chi connectivity index (χ0v) is 34.0. The maximum Gasteiger partial charge on any atom is 0.0366 e. The van der Waals surface area contributed by atoms with Crippen molar-refractivity contribution in [1.29, 1.82) is 0 Å². The summed E-state index contributed by atoms with van der Waals surface area (Å²) in [6, 6.07) is 30.0. The molecule has 0 fully saturated rings. The standard InChI is InChI=1S/C52H58N4/c1-5-9-37-55(38-10-6-2)51-25-17-43(18-26-51)13-21-47-41-50(24-16-46-31-35-54-36-32-46)48(42-49(47)23-15-45-29-33-53-34-30-45)22-14-44-19-27-52(28-20-44)56(39-11-7-3)40-12-8-4/h13-14,17-22,25-36,41-42H,5-12,37-40H2,1-4H3/b21-13+,22-14+. The second-order valence-electron chi connectivity index (χ2n) is 14.2. The minimum Gasteiger partial charge on any atom is -0.372 e. The summed E-state index contributed by atoms with van der Waals surface area (Å²) in [5, 5.41) is 0. The van der Waals surface area contributed by atoms with Crippen LogP contribution < -0.4 is 9.80 Å². The number of aromatic nitrogens is 2. The van der Waals surface area contributed by atoms with Crippen LogP contribution in [-0.2, 0) is 0 Å². The van der Waals surface area contributed by atoms with Crippen LogP contribution in [0.15, 0.2) is 110 Å². The highest BCUT2D eigenvalue weighted by molar-refractivity contribution is 5.80. The highest BCUT2D eigenvalue weighted by atomic mass is 15.1. The summed E-state index contributed by atoms with van der Waals surface area (Å²) >= 11 is 0. The summed E-state index contributed by atoms with van der Waals surface area (Å²) in [4.78, 5) is 13.4. The number of rotatable bonds is 18. The predicted molar refractivity (Wildman–Crippen MR) is 242 cm³/mol. The van der Waals surface area contributed by atoms with Gasteiger partial charge in [-0.05, 0) is 109 Å². The molecule has 0 spiro atoms. The van der Waals surface area contributed by atoms with Gasteiger partial charge in [0, 0.05) is 84.6 Å². The first-order valence-electron chi connectivity index (χ1n) is 20.7. The van der Waals surface area contributed by atoms with Gasteiger partial charge in [0.05, 0.1) is 0 Å². The first kappa shape index (κ1) is 41.3. The number of hydrogen-bond donors (Lipinski definition) is 0. The lowest BCUT2D eigenvalue weighted by Crippen LogP contribution is -2.25. The summed E-state index contributed by atoms with van der Waals surface area (Å²) in [6.45, 7) is 13.4. The van der Waals surface area contributed by atoms with Gasteiger partial charge in [-0.15, -0.1) is 0 Å². The second-order valence-corrected chi connectivity index (χ2v) is 14.2. The van der Waals surface area contributed by atoms with Crippen molar-refractivity contribution in [2.24, 2.45) is 0 Å². The minimum absolute atomic E-state index is 0.923. The Morgan fingerprint density at radius 2 is 0.768 bits per heavy atom. The third kappa shape index (κ3) is 13.2. The molecular formula is C52H58N4. The SMILES string of the molecule is CCCCN(CCCC)c1ccc(/C=C/c2cc(C#Cc3ccncc3)c(/C=C/c3ccc(N(CCCC)CCCC)cc3)cc2C#Cc2ccncc2)cc1. The van der Waals surface area contributed by atoms with E-state index in [2.05, 4.69) is 156 Å². The maximum absolute atomic E-state index is 4.18. The van der Waals surface area contributed by atoms with Crippen LogP contribution in [0.25, 0.3) is 24.3 Å². The van der Waals surface area contributed by atoms with Crippen LogP contribution in [0.1, 0.15) is 124 Å². The van der Waals surface area contributed by atoms with Gasteiger partial charge in [-0.25, -0.2) is 0 Å². The Morgan fingerprint density at radius 3 is 1.09 bits per heavy atom. The van der Waals surface area contributed by atoms with Gasteiger partial charge < -0.3 is 9.80 Å². The van der Waals surface area contributed by atoms with Gasteiger partial charge in [0.1, 0.15) is 0 Å². The fraction of sp³-hybridized carbons (Fsp3) is 0.308. The molecule has 2 aromatic heterocycles. The first-order chi connectivity index (χ1) is 27.6. The fourth-order valence-electron chi connectivity index (χ4n) is 6.38. The van der Waals surface area contributed by atoms with E-state index in [0.29, 0.717) is 0 Å². The lowest BCUT2D eigenvalue weighted by Gasteiger charge is -2.24. The number of hydrogen-bond acceptors (Lipinski definition) is 4. The topological polar surface area (TPSA) is 32.3 Å². The Bertz CT molecular complexity index is 1920. The second kappa shape index (κ2) is 23.2. The van der Waals surface area contributed by atoms with Crippen molar-refractivity contribution in [3.05, 3.63) is 154 Å². The van der Waals surface area contributed by atoms with Gasteiger partial charge in [-0.3, -0.25) is 9.97 Å². The quantitative estimate of drug-likeness (QED) is 0.0662. The van der Waals surface area contributed by atoms with Gasteiger partial charge in [0.25, 0.3) is 0 Å². The molecule has 0 aliphatic heterocycles. The van der Waals surface area contributed by atoms with Gasteiger partial charge in [0.2, 0.25) is 0 Å². The lowest BCUT2D eigenvalue weighted by molar-refractivity contribution is 0.678.